The summed E-state index contributed by atoms with van der Waals surface area (Å²) in [5, 5.41) is 13.3. The lowest BCUT2D eigenvalue weighted by Gasteiger charge is -1.98. The lowest BCUT2D eigenvalue weighted by molar-refractivity contribution is 0.470. The first kappa shape index (κ1) is 7.67. The van der Waals surface area contributed by atoms with Crippen molar-refractivity contribution in [1.29, 1.82) is 0 Å². The zero-order valence-corrected chi connectivity index (χ0v) is 8.04. The number of hydrogen-bond donors (Lipinski definition) is 1. The molecule has 0 spiro atoms. The SMILES string of the molecule is Bc1cnn2cc(O)cc(Br)c12. The molecule has 3 nitrogen and oxygen atoms in total. The molecule has 0 radical (unpaired) electrons. The smallest absolute Gasteiger partial charge is 0.144 e. The van der Waals surface area contributed by atoms with Crippen LogP contribution in [0.3, 0.4) is 0 Å². The van der Waals surface area contributed by atoms with Gasteiger partial charge in [0.25, 0.3) is 0 Å². The van der Waals surface area contributed by atoms with Gasteiger partial charge in [-0.3, -0.25) is 0 Å². The average Bonchev–Trinajstić information content (AvgIpc) is 2.31. The number of aromatic nitrogens is 2. The highest BCUT2D eigenvalue weighted by Crippen LogP contribution is 2.20. The van der Waals surface area contributed by atoms with Gasteiger partial charge in [0.15, 0.2) is 0 Å². The van der Waals surface area contributed by atoms with Crippen molar-refractivity contribution in [3.63, 3.8) is 0 Å². The molecule has 0 saturated heterocycles. The van der Waals surface area contributed by atoms with E-state index in [1.165, 1.54) is 0 Å². The zero-order chi connectivity index (χ0) is 8.72. The highest BCUT2D eigenvalue weighted by molar-refractivity contribution is 9.10. The molecule has 2 aromatic rings. The minimum Gasteiger partial charge on any atom is -0.506 e. The third-order valence-corrected chi connectivity index (χ3v) is 2.34. The van der Waals surface area contributed by atoms with Gasteiger partial charge in [-0.1, -0.05) is 0 Å². The average molecular weight is 225 g/mol. The fourth-order valence-electron chi connectivity index (χ4n) is 1.20. The molecular weight excluding hydrogens is 219 g/mol. The Morgan fingerprint density at radius 3 is 3.08 bits per heavy atom. The highest BCUT2D eigenvalue weighted by atomic mass is 79.9. The predicted molar refractivity (Wildman–Crippen MR) is 52.7 cm³/mol. The van der Waals surface area contributed by atoms with E-state index in [9.17, 15) is 5.11 Å². The van der Waals surface area contributed by atoms with E-state index in [0.29, 0.717) is 0 Å². The van der Waals surface area contributed by atoms with Gasteiger partial charge in [-0.15, -0.1) is 0 Å². The van der Waals surface area contributed by atoms with Crippen molar-refractivity contribution in [3.8, 4) is 5.75 Å². The second kappa shape index (κ2) is 2.52. The van der Waals surface area contributed by atoms with Crippen molar-refractivity contribution in [3.05, 3.63) is 22.9 Å². The van der Waals surface area contributed by atoms with Crippen molar-refractivity contribution in [1.82, 2.24) is 9.61 Å². The van der Waals surface area contributed by atoms with Crippen LogP contribution in [0.15, 0.2) is 22.9 Å². The first-order valence-corrected chi connectivity index (χ1v) is 4.30. The molecule has 0 amide bonds. The number of rotatable bonds is 0. The van der Waals surface area contributed by atoms with Crippen LogP contribution in [0.25, 0.3) is 5.52 Å². The lowest BCUT2D eigenvalue weighted by atomic mass is 9.99. The van der Waals surface area contributed by atoms with Gasteiger partial charge in [0.2, 0.25) is 0 Å². The number of fused-ring (bicyclic) bond motifs is 1. The van der Waals surface area contributed by atoms with E-state index in [1.54, 1.807) is 23.0 Å². The van der Waals surface area contributed by atoms with Crippen LogP contribution in [-0.4, -0.2) is 22.6 Å². The van der Waals surface area contributed by atoms with Gasteiger partial charge in [0.1, 0.15) is 13.6 Å². The lowest BCUT2D eigenvalue weighted by Crippen LogP contribution is -2.00. The van der Waals surface area contributed by atoms with Crippen LogP contribution in [0, 0.1) is 0 Å². The summed E-state index contributed by atoms with van der Waals surface area (Å²) in [6.07, 6.45) is 3.34. The van der Waals surface area contributed by atoms with Crippen molar-refractivity contribution in [2.24, 2.45) is 0 Å². The molecule has 12 heavy (non-hydrogen) atoms. The molecule has 0 aliphatic carbocycles. The van der Waals surface area contributed by atoms with Crippen LogP contribution in [0.1, 0.15) is 0 Å². The van der Waals surface area contributed by atoms with E-state index in [-0.39, 0.29) is 5.75 Å². The fourth-order valence-corrected chi connectivity index (χ4v) is 1.93. The topological polar surface area (TPSA) is 37.5 Å². The molecule has 0 bridgehead atoms. The quantitative estimate of drug-likeness (QED) is 0.643. The Kier molecular flexibility index (Phi) is 1.61. The van der Waals surface area contributed by atoms with Gasteiger partial charge in [-0.25, -0.2) is 4.52 Å². The molecule has 0 aliphatic heterocycles. The Morgan fingerprint density at radius 2 is 2.33 bits per heavy atom. The minimum absolute atomic E-state index is 0.206. The molecule has 2 heterocycles. The normalized spacial score (nSPS) is 10.8. The van der Waals surface area contributed by atoms with Crippen LogP contribution in [-0.2, 0) is 0 Å². The molecule has 2 rings (SSSR count). The van der Waals surface area contributed by atoms with Crippen molar-refractivity contribution >= 4 is 34.8 Å². The maximum absolute atomic E-state index is 9.23. The first-order valence-electron chi connectivity index (χ1n) is 3.51. The van der Waals surface area contributed by atoms with E-state index in [4.69, 9.17) is 0 Å². The van der Waals surface area contributed by atoms with Crippen molar-refractivity contribution in [2.45, 2.75) is 0 Å². The van der Waals surface area contributed by atoms with Crippen LogP contribution in [0.5, 0.6) is 5.75 Å². The van der Waals surface area contributed by atoms with Crippen LogP contribution < -0.4 is 5.46 Å². The Bertz CT molecular complexity index is 440. The maximum atomic E-state index is 9.23. The first-order chi connectivity index (χ1) is 5.68. The number of hydrogen-bond acceptors (Lipinski definition) is 2. The van der Waals surface area contributed by atoms with Gasteiger partial charge in [0, 0.05) is 10.7 Å². The van der Waals surface area contributed by atoms with Crippen LogP contribution in [0.2, 0.25) is 0 Å². The Labute approximate surface area is 78.6 Å². The third-order valence-electron chi connectivity index (χ3n) is 1.73. The number of pyridine rings is 1. The summed E-state index contributed by atoms with van der Waals surface area (Å²) in [6.45, 7) is 0. The maximum Gasteiger partial charge on any atom is 0.144 e. The largest absolute Gasteiger partial charge is 0.506 e. The van der Waals surface area contributed by atoms with Crippen molar-refractivity contribution < 1.29 is 5.11 Å². The van der Waals surface area contributed by atoms with Gasteiger partial charge in [0.05, 0.1) is 11.7 Å². The Hall–Kier alpha value is -0.965. The summed E-state index contributed by atoms with van der Waals surface area (Å²) < 4.78 is 2.51. The van der Waals surface area contributed by atoms with E-state index < -0.39 is 0 Å². The van der Waals surface area contributed by atoms with E-state index >= 15 is 0 Å². The fraction of sp³-hybridized carbons (Fsp3) is 0. The minimum atomic E-state index is 0.206. The van der Waals surface area contributed by atoms with Gasteiger partial charge >= 0.3 is 0 Å². The molecule has 2 aromatic heterocycles. The number of halogens is 1. The molecule has 1 N–H and O–H groups in total. The standard InChI is InChI=1S/C7H6BBrN2O/c8-5-2-10-11-3-4(12)1-6(9)7(5)11/h1-3,12H,8H2. The monoisotopic (exact) mass is 224 g/mol. The molecule has 0 atom stereocenters. The number of aromatic hydroxyl groups is 1. The summed E-state index contributed by atoms with van der Waals surface area (Å²) in [6, 6.07) is 1.66. The van der Waals surface area contributed by atoms with E-state index in [1.807, 2.05) is 7.85 Å². The molecule has 0 saturated carbocycles. The summed E-state index contributed by atoms with van der Waals surface area (Å²) >= 11 is 3.36. The zero-order valence-electron chi connectivity index (χ0n) is 6.45. The Balaban J connectivity index is 2.93. The summed E-state index contributed by atoms with van der Waals surface area (Å²) in [7, 11) is 1.98. The highest BCUT2D eigenvalue weighted by Gasteiger charge is 2.04. The van der Waals surface area contributed by atoms with Gasteiger partial charge < -0.3 is 5.11 Å². The molecular formula is C7H6BBrN2O. The summed E-state index contributed by atoms with van der Waals surface area (Å²) in [5.74, 6) is 0.206. The van der Waals surface area contributed by atoms with Gasteiger partial charge in [-0.05, 0) is 27.5 Å². The predicted octanol–water partition coefficient (Wildman–Crippen LogP) is 0.0608. The summed E-state index contributed by atoms with van der Waals surface area (Å²) in [4.78, 5) is 0. The Morgan fingerprint density at radius 1 is 1.58 bits per heavy atom. The van der Waals surface area contributed by atoms with E-state index in [2.05, 4.69) is 21.0 Å². The third kappa shape index (κ3) is 1.01. The molecule has 60 valence electrons. The van der Waals surface area contributed by atoms with Crippen LogP contribution >= 0.6 is 15.9 Å². The molecule has 0 aromatic carbocycles. The molecule has 0 fully saturated rings. The molecule has 0 aliphatic rings. The van der Waals surface area contributed by atoms with Crippen LogP contribution in [0.4, 0.5) is 0 Å². The second-order valence-electron chi connectivity index (χ2n) is 2.67. The summed E-state index contributed by atoms with van der Waals surface area (Å²) in [5.41, 5.74) is 2.08. The molecule has 5 heteroatoms. The van der Waals surface area contributed by atoms with E-state index in [0.717, 1.165) is 15.5 Å². The van der Waals surface area contributed by atoms with Crippen molar-refractivity contribution in [2.75, 3.05) is 0 Å². The number of nitrogens with zero attached hydrogens (tertiary/aromatic N) is 2. The molecule has 0 unspecified atom stereocenters. The second-order valence-corrected chi connectivity index (χ2v) is 3.52. The van der Waals surface area contributed by atoms with Gasteiger partial charge in [-0.2, -0.15) is 5.10 Å².